The number of allylic oxidation sites excluding steroid dienone is 3. The van der Waals surface area contributed by atoms with E-state index in [2.05, 4.69) is 33.9 Å². The van der Waals surface area contributed by atoms with Gasteiger partial charge in [0.2, 0.25) is 0 Å². The first kappa shape index (κ1) is 27.1. The minimum absolute atomic E-state index is 0.0317. The molecule has 2 aliphatic carbocycles. The Kier molecular flexibility index (Phi) is 7.34. The highest BCUT2D eigenvalue weighted by molar-refractivity contribution is 6.74. The molecule has 1 fully saturated rings. The Bertz CT molecular complexity index is 1030. The molecule has 3 aliphatic rings. The Balaban J connectivity index is 1.70. The van der Waals surface area contributed by atoms with Crippen molar-refractivity contribution >= 4 is 14.1 Å². The molecule has 198 valence electrons. The highest BCUT2D eigenvalue weighted by atomic mass is 28.4. The molecule has 0 radical (unpaired) electrons. The van der Waals surface area contributed by atoms with Crippen molar-refractivity contribution < 1.29 is 28.2 Å². The van der Waals surface area contributed by atoms with Crippen LogP contribution in [0.5, 0.6) is 5.75 Å². The fourth-order valence-electron chi connectivity index (χ4n) is 4.83. The van der Waals surface area contributed by atoms with Gasteiger partial charge in [0, 0.05) is 17.4 Å². The van der Waals surface area contributed by atoms with E-state index in [0.29, 0.717) is 26.2 Å². The van der Waals surface area contributed by atoms with Crippen molar-refractivity contribution in [1.82, 2.24) is 0 Å². The van der Waals surface area contributed by atoms with Crippen molar-refractivity contribution in [3.05, 3.63) is 52.8 Å². The van der Waals surface area contributed by atoms with Gasteiger partial charge in [0.1, 0.15) is 24.2 Å². The Morgan fingerprint density at radius 3 is 2.31 bits per heavy atom. The third-order valence-corrected chi connectivity index (χ3v) is 12.6. The number of hydrogen-bond donors (Lipinski definition) is 0. The van der Waals surface area contributed by atoms with Crippen molar-refractivity contribution in [2.24, 2.45) is 5.41 Å². The van der Waals surface area contributed by atoms with Crippen molar-refractivity contribution in [1.29, 1.82) is 0 Å². The highest BCUT2D eigenvalue weighted by Gasteiger charge is 2.49. The molecule has 1 heterocycles. The number of ketones is 1. The van der Waals surface area contributed by atoms with E-state index in [-0.39, 0.29) is 22.3 Å². The molecule has 1 atom stereocenters. The van der Waals surface area contributed by atoms with Gasteiger partial charge < -0.3 is 23.4 Å². The minimum Gasteiger partial charge on any atom is -0.497 e. The average Bonchev–Trinajstić information content (AvgIpc) is 3.09. The summed E-state index contributed by atoms with van der Waals surface area (Å²) in [5.41, 5.74) is 2.78. The number of rotatable bonds is 6. The van der Waals surface area contributed by atoms with Gasteiger partial charge in [0.25, 0.3) is 0 Å². The number of fused-ring (bicyclic) bond motifs is 1. The predicted octanol–water partition coefficient (Wildman–Crippen LogP) is 6.32. The molecule has 7 heteroatoms. The van der Waals surface area contributed by atoms with Crippen LogP contribution in [-0.2, 0) is 30.0 Å². The summed E-state index contributed by atoms with van der Waals surface area (Å²) in [6.07, 6.45) is 3.32. The summed E-state index contributed by atoms with van der Waals surface area (Å²) < 4.78 is 31.3. The third-order valence-electron chi connectivity index (χ3n) is 8.10. The molecule has 0 aromatic heterocycles. The molecule has 1 saturated heterocycles. The average molecular weight is 515 g/mol. The molecule has 0 N–H and O–H groups in total. The van der Waals surface area contributed by atoms with E-state index >= 15 is 0 Å². The second kappa shape index (κ2) is 9.75. The van der Waals surface area contributed by atoms with Crippen LogP contribution < -0.4 is 4.74 Å². The maximum Gasteiger partial charge on any atom is 0.193 e. The standard InChI is InChI=1S/C29H42O6Si/c1-27(2,3)36(7,8)35-25-16-29(18-33-28(4,5)34-19-29)15-21-13-22(30)14-24(21)26(25)32-17-20-9-11-23(31-6)12-10-20/h9-13,25H,14-19H2,1-8H3. The number of ether oxygens (including phenoxy) is 4. The number of carbonyl (C=O) groups is 1. The number of hydrogen-bond acceptors (Lipinski definition) is 6. The van der Waals surface area contributed by atoms with Crippen molar-refractivity contribution in [2.45, 2.75) is 90.5 Å². The van der Waals surface area contributed by atoms with E-state index in [1.807, 2.05) is 38.1 Å². The SMILES string of the molecule is COc1ccc(COC2=C3CC(=O)C=C3CC3(COC(C)(C)OC3)CC2O[Si](C)(C)C(C)(C)C)cc1. The molecular formula is C29H42O6Si. The van der Waals surface area contributed by atoms with Gasteiger partial charge >= 0.3 is 0 Å². The molecule has 1 unspecified atom stereocenters. The second-order valence-corrected chi connectivity index (χ2v) is 17.3. The van der Waals surface area contributed by atoms with Gasteiger partial charge in [0.05, 0.1) is 20.3 Å². The van der Waals surface area contributed by atoms with E-state index in [4.69, 9.17) is 23.4 Å². The van der Waals surface area contributed by atoms with E-state index in [1.54, 1.807) is 13.2 Å². The number of methoxy groups -OCH3 is 1. The lowest BCUT2D eigenvalue weighted by Crippen LogP contribution is -2.50. The highest BCUT2D eigenvalue weighted by Crippen LogP contribution is 2.49. The molecular weight excluding hydrogens is 472 g/mol. The fraction of sp³-hybridized carbons (Fsp3) is 0.621. The van der Waals surface area contributed by atoms with Gasteiger partial charge in [-0.05, 0) is 74.2 Å². The number of benzene rings is 1. The van der Waals surface area contributed by atoms with Crippen LogP contribution in [0.25, 0.3) is 0 Å². The van der Waals surface area contributed by atoms with Crippen LogP contribution in [0.3, 0.4) is 0 Å². The van der Waals surface area contributed by atoms with Gasteiger partial charge in [-0.25, -0.2) is 0 Å². The van der Waals surface area contributed by atoms with Crippen LogP contribution in [-0.4, -0.2) is 46.3 Å². The topological polar surface area (TPSA) is 63.2 Å². The lowest BCUT2D eigenvalue weighted by Gasteiger charge is -2.46. The molecule has 4 rings (SSSR count). The Labute approximate surface area is 217 Å². The summed E-state index contributed by atoms with van der Waals surface area (Å²) in [5.74, 6) is 1.11. The zero-order valence-electron chi connectivity index (χ0n) is 23.2. The quantitative estimate of drug-likeness (QED) is 0.414. The molecule has 1 aromatic carbocycles. The number of carbonyl (C=O) groups excluding carboxylic acids is 1. The van der Waals surface area contributed by atoms with Gasteiger partial charge in [-0.2, -0.15) is 0 Å². The van der Waals surface area contributed by atoms with Gasteiger partial charge in [-0.1, -0.05) is 32.9 Å². The van der Waals surface area contributed by atoms with Crippen LogP contribution in [0.1, 0.15) is 59.4 Å². The lowest BCUT2D eigenvalue weighted by molar-refractivity contribution is -0.288. The molecule has 1 spiro atoms. The van der Waals surface area contributed by atoms with Crippen LogP contribution in [0, 0.1) is 5.41 Å². The van der Waals surface area contributed by atoms with E-state index < -0.39 is 14.1 Å². The first-order valence-corrected chi connectivity index (χ1v) is 15.8. The first-order chi connectivity index (χ1) is 16.7. The molecule has 0 amide bonds. The monoisotopic (exact) mass is 514 g/mol. The maximum absolute atomic E-state index is 12.7. The van der Waals surface area contributed by atoms with Crippen LogP contribution in [0.4, 0.5) is 0 Å². The lowest BCUT2D eigenvalue weighted by atomic mass is 9.78. The summed E-state index contributed by atoms with van der Waals surface area (Å²) in [4.78, 5) is 12.7. The summed E-state index contributed by atoms with van der Waals surface area (Å²) >= 11 is 0. The molecule has 36 heavy (non-hydrogen) atoms. The fourth-order valence-corrected chi connectivity index (χ4v) is 6.08. The summed E-state index contributed by atoms with van der Waals surface area (Å²) in [6.45, 7) is 16.7. The summed E-state index contributed by atoms with van der Waals surface area (Å²) in [6, 6.07) is 7.89. The smallest absolute Gasteiger partial charge is 0.193 e. The van der Waals surface area contributed by atoms with Crippen LogP contribution >= 0.6 is 0 Å². The zero-order valence-corrected chi connectivity index (χ0v) is 24.2. The largest absolute Gasteiger partial charge is 0.497 e. The Morgan fingerprint density at radius 2 is 1.72 bits per heavy atom. The third kappa shape index (κ3) is 5.80. The van der Waals surface area contributed by atoms with Crippen molar-refractivity contribution in [3.63, 3.8) is 0 Å². The molecule has 1 aromatic rings. The van der Waals surface area contributed by atoms with Crippen molar-refractivity contribution in [3.8, 4) is 5.75 Å². The molecule has 0 saturated carbocycles. The van der Waals surface area contributed by atoms with Gasteiger partial charge in [-0.3, -0.25) is 4.79 Å². The van der Waals surface area contributed by atoms with E-state index in [1.165, 1.54) is 0 Å². The summed E-state index contributed by atoms with van der Waals surface area (Å²) in [5, 5.41) is 0.0317. The van der Waals surface area contributed by atoms with Crippen LogP contribution in [0.2, 0.25) is 18.1 Å². The second-order valence-electron chi connectivity index (χ2n) is 12.5. The normalized spacial score (nSPS) is 23.8. The summed E-state index contributed by atoms with van der Waals surface area (Å²) in [7, 11) is -0.504. The van der Waals surface area contributed by atoms with Gasteiger partial charge in [-0.15, -0.1) is 0 Å². The molecule has 1 aliphatic heterocycles. The van der Waals surface area contributed by atoms with Crippen LogP contribution in [0.15, 0.2) is 47.2 Å². The van der Waals surface area contributed by atoms with Crippen molar-refractivity contribution in [2.75, 3.05) is 20.3 Å². The Morgan fingerprint density at radius 1 is 1.08 bits per heavy atom. The molecule has 6 nitrogen and oxygen atoms in total. The van der Waals surface area contributed by atoms with E-state index in [0.717, 1.165) is 41.1 Å². The first-order valence-electron chi connectivity index (χ1n) is 12.9. The van der Waals surface area contributed by atoms with E-state index in [9.17, 15) is 4.79 Å². The van der Waals surface area contributed by atoms with Gasteiger partial charge in [0.15, 0.2) is 19.9 Å². The Hall–Kier alpha value is -1.93. The maximum atomic E-state index is 12.7. The zero-order chi connectivity index (χ0) is 26.4. The predicted molar refractivity (Wildman–Crippen MR) is 142 cm³/mol. The molecule has 0 bridgehead atoms. The minimum atomic E-state index is -2.16.